The summed E-state index contributed by atoms with van der Waals surface area (Å²) in [5, 5.41) is 3.19. The van der Waals surface area contributed by atoms with Gasteiger partial charge < -0.3 is 0 Å². The van der Waals surface area contributed by atoms with Crippen molar-refractivity contribution in [3.8, 4) is 0 Å². The summed E-state index contributed by atoms with van der Waals surface area (Å²) in [6, 6.07) is 0. The van der Waals surface area contributed by atoms with Gasteiger partial charge in [-0.1, -0.05) is 27.7 Å². The zero-order chi connectivity index (χ0) is 11.5. The number of hydrogen-bond acceptors (Lipinski definition) is 3. The van der Waals surface area contributed by atoms with Crippen LogP contribution in [0.2, 0.25) is 0 Å². The molecule has 15 heavy (non-hydrogen) atoms. The van der Waals surface area contributed by atoms with Crippen LogP contribution in [0.3, 0.4) is 0 Å². The number of thiazole rings is 1. The Balaban J connectivity index is 2.58. The smallest absolute Gasteiger partial charge is 0.133 e. The minimum absolute atomic E-state index is 0.115. The molecular weight excluding hydrogens is 206 g/mol. The van der Waals surface area contributed by atoms with Gasteiger partial charge in [0, 0.05) is 30.1 Å². The second-order valence-electron chi connectivity index (χ2n) is 4.77. The summed E-state index contributed by atoms with van der Waals surface area (Å²) in [6.45, 7) is 8.37. The Kier molecular flexibility index (Phi) is 4.03. The fraction of sp³-hybridized carbons (Fsp3) is 0.667. The molecule has 0 unspecified atom stereocenters. The van der Waals surface area contributed by atoms with Crippen molar-refractivity contribution >= 4 is 17.1 Å². The molecule has 2 nitrogen and oxygen atoms in total. The molecule has 3 heteroatoms. The van der Waals surface area contributed by atoms with Crippen molar-refractivity contribution in [2.45, 2.75) is 52.4 Å². The van der Waals surface area contributed by atoms with Gasteiger partial charge >= 0.3 is 0 Å². The summed E-state index contributed by atoms with van der Waals surface area (Å²) < 4.78 is 0. The molecule has 0 amide bonds. The quantitative estimate of drug-likeness (QED) is 0.786. The van der Waals surface area contributed by atoms with E-state index in [2.05, 4.69) is 31.1 Å². The van der Waals surface area contributed by atoms with Gasteiger partial charge in [0.05, 0.1) is 10.7 Å². The molecule has 0 aliphatic rings. The highest BCUT2D eigenvalue weighted by molar-refractivity contribution is 7.09. The van der Waals surface area contributed by atoms with Crippen LogP contribution in [-0.2, 0) is 16.6 Å². The van der Waals surface area contributed by atoms with E-state index < -0.39 is 0 Å². The fourth-order valence-corrected chi connectivity index (χ4v) is 2.22. The molecule has 0 saturated heterocycles. The van der Waals surface area contributed by atoms with Crippen molar-refractivity contribution in [3.63, 3.8) is 0 Å². The molecule has 1 heterocycles. The fourth-order valence-electron chi connectivity index (χ4n) is 1.19. The Hall–Kier alpha value is -0.700. The second-order valence-corrected chi connectivity index (χ2v) is 5.71. The number of carbonyl (C=O) groups is 1. The van der Waals surface area contributed by atoms with Gasteiger partial charge in [-0.15, -0.1) is 11.3 Å². The number of carbonyl (C=O) groups excluding carboxylic acids is 1. The highest BCUT2D eigenvalue weighted by atomic mass is 32.1. The van der Waals surface area contributed by atoms with Crippen LogP contribution in [0.4, 0.5) is 0 Å². The highest BCUT2D eigenvalue weighted by Gasteiger charge is 2.17. The first kappa shape index (κ1) is 12.4. The topological polar surface area (TPSA) is 30.0 Å². The van der Waals surface area contributed by atoms with Crippen LogP contribution in [-0.4, -0.2) is 10.8 Å². The third-order valence-corrected chi connectivity index (χ3v) is 3.24. The third kappa shape index (κ3) is 3.74. The Morgan fingerprint density at radius 2 is 2.13 bits per heavy atom. The van der Waals surface area contributed by atoms with Crippen molar-refractivity contribution in [1.82, 2.24) is 4.98 Å². The van der Waals surface area contributed by atoms with Crippen molar-refractivity contribution in [3.05, 3.63) is 16.1 Å². The van der Waals surface area contributed by atoms with Crippen LogP contribution in [0.25, 0.3) is 0 Å². The van der Waals surface area contributed by atoms with Gasteiger partial charge in [0.25, 0.3) is 0 Å². The second kappa shape index (κ2) is 4.88. The van der Waals surface area contributed by atoms with E-state index in [0.29, 0.717) is 18.6 Å². The van der Waals surface area contributed by atoms with E-state index in [-0.39, 0.29) is 5.41 Å². The molecule has 0 spiro atoms. The molecule has 1 aromatic heterocycles. The average molecular weight is 225 g/mol. The lowest BCUT2D eigenvalue weighted by atomic mass is 9.93. The number of hydrogen-bond donors (Lipinski definition) is 0. The first-order valence-electron chi connectivity index (χ1n) is 5.40. The van der Waals surface area contributed by atoms with E-state index in [0.717, 1.165) is 17.1 Å². The van der Waals surface area contributed by atoms with Gasteiger partial charge in [-0.2, -0.15) is 0 Å². The Morgan fingerprint density at radius 1 is 1.47 bits per heavy atom. The van der Waals surface area contributed by atoms with E-state index in [4.69, 9.17) is 0 Å². The number of Topliss-reactive ketones (excluding diaryl/α,β-unsaturated/α-hetero) is 1. The van der Waals surface area contributed by atoms with Gasteiger partial charge in [0.2, 0.25) is 0 Å². The van der Waals surface area contributed by atoms with Crippen LogP contribution < -0.4 is 0 Å². The largest absolute Gasteiger partial charge is 0.300 e. The standard InChI is InChI=1S/C12H19NOS/c1-5-9(14)6-7-11-13-10(8-15-11)12(2,3)4/h8H,5-7H2,1-4H3. The summed E-state index contributed by atoms with van der Waals surface area (Å²) in [4.78, 5) is 15.7. The summed E-state index contributed by atoms with van der Waals surface area (Å²) in [7, 11) is 0. The molecule has 0 N–H and O–H groups in total. The van der Waals surface area contributed by atoms with Crippen LogP contribution in [0, 0.1) is 0 Å². The van der Waals surface area contributed by atoms with Crippen LogP contribution in [0.5, 0.6) is 0 Å². The summed E-state index contributed by atoms with van der Waals surface area (Å²) in [5.74, 6) is 0.322. The van der Waals surface area contributed by atoms with Crippen molar-refractivity contribution in [2.75, 3.05) is 0 Å². The normalized spacial score (nSPS) is 11.7. The highest BCUT2D eigenvalue weighted by Crippen LogP contribution is 2.24. The Bertz CT molecular complexity index is 336. The molecule has 0 radical (unpaired) electrons. The van der Waals surface area contributed by atoms with Gasteiger partial charge in [0.1, 0.15) is 5.78 Å². The number of nitrogens with zero attached hydrogens (tertiary/aromatic N) is 1. The van der Waals surface area contributed by atoms with Crippen molar-refractivity contribution in [2.24, 2.45) is 0 Å². The van der Waals surface area contributed by atoms with E-state index in [1.54, 1.807) is 11.3 Å². The molecule has 0 aliphatic carbocycles. The molecule has 0 bridgehead atoms. The monoisotopic (exact) mass is 225 g/mol. The van der Waals surface area contributed by atoms with E-state index in [9.17, 15) is 4.79 Å². The first-order chi connectivity index (χ1) is 6.93. The van der Waals surface area contributed by atoms with Gasteiger partial charge in [-0.25, -0.2) is 4.98 Å². The SMILES string of the molecule is CCC(=O)CCc1nc(C(C)(C)C)cs1. The maximum Gasteiger partial charge on any atom is 0.133 e. The van der Waals surface area contributed by atoms with Crippen LogP contribution in [0.1, 0.15) is 51.2 Å². The molecule has 1 aromatic rings. The lowest BCUT2D eigenvalue weighted by Crippen LogP contribution is -2.11. The number of aromatic nitrogens is 1. The molecule has 0 fully saturated rings. The minimum atomic E-state index is 0.115. The number of ketones is 1. The van der Waals surface area contributed by atoms with Gasteiger partial charge in [-0.3, -0.25) is 4.79 Å². The van der Waals surface area contributed by atoms with E-state index in [1.165, 1.54) is 0 Å². The lowest BCUT2D eigenvalue weighted by Gasteiger charge is -2.14. The third-order valence-electron chi connectivity index (χ3n) is 2.33. The predicted molar refractivity (Wildman–Crippen MR) is 64.4 cm³/mol. The number of aryl methyl sites for hydroxylation is 1. The zero-order valence-corrected chi connectivity index (χ0v) is 10.8. The van der Waals surface area contributed by atoms with Crippen molar-refractivity contribution in [1.29, 1.82) is 0 Å². The summed E-state index contributed by atoms with van der Waals surface area (Å²) in [5.41, 5.74) is 1.25. The summed E-state index contributed by atoms with van der Waals surface area (Å²) in [6.07, 6.45) is 2.07. The summed E-state index contributed by atoms with van der Waals surface area (Å²) >= 11 is 1.67. The van der Waals surface area contributed by atoms with Crippen LogP contribution in [0.15, 0.2) is 5.38 Å². The molecule has 0 aromatic carbocycles. The molecule has 0 saturated carbocycles. The predicted octanol–water partition coefficient (Wildman–Crippen LogP) is 3.35. The van der Waals surface area contributed by atoms with Crippen LogP contribution >= 0.6 is 11.3 Å². The first-order valence-corrected chi connectivity index (χ1v) is 6.28. The van der Waals surface area contributed by atoms with E-state index in [1.807, 2.05) is 6.92 Å². The molecule has 0 aliphatic heterocycles. The molecule has 0 atom stereocenters. The Labute approximate surface area is 95.7 Å². The van der Waals surface area contributed by atoms with E-state index >= 15 is 0 Å². The lowest BCUT2D eigenvalue weighted by molar-refractivity contribution is -0.118. The molecular formula is C12H19NOS. The van der Waals surface area contributed by atoms with Gasteiger partial charge in [0.15, 0.2) is 0 Å². The average Bonchev–Trinajstić information content (AvgIpc) is 2.61. The van der Waals surface area contributed by atoms with Crippen molar-refractivity contribution < 1.29 is 4.79 Å². The van der Waals surface area contributed by atoms with Gasteiger partial charge in [-0.05, 0) is 0 Å². The maximum atomic E-state index is 11.2. The molecule has 84 valence electrons. The minimum Gasteiger partial charge on any atom is -0.300 e. The molecule has 1 rings (SSSR count). The maximum absolute atomic E-state index is 11.2. The Morgan fingerprint density at radius 3 is 2.60 bits per heavy atom. The zero-order valence-electron chi connectivity index (χ0n) is 9.96. The number of rotatable bonds is 4.